The third kappa shape index (κ3) is 2.50. The van der Waals surface area contributed by atoms with Gasteiger partial charge in [0.1, 0.15) is 0 Å². The Bertz CT molecular complexity index is 153. The fraction of sp³-hybridized carbons (Fsp3) is 1.00. The highest BCUT2D eigenvalue weighted by molar-refractivity contribution is 4.87. The summed E-state index contributed by atoms with van der Waals surface area (Å²) < 4.78 is 0. The van der Waals surface area contributed by atoms with E-state index in [4.69, 9.17) is 0 Å². The van der Waals surface area contributed by atoms with Gasteiger partial charge in [0.25, 0.3) is 0 Å². The van der Waals surface area contributed by atoms with E-state index in [1.807, 2.05) is 0 Å². The number of hydrogen-bond donors (Lipinski definition) is 1. The molecule has 0 aromatic heterocycles. The summed E-state index contributed by atoms with van der Waals surface area (Å²) in [6.07, 6.45) is 8.33. The van der Waals surface area contributed by atoms with E-state index in [0.29, 0.717) is 5.92 Å². The molecule has 0 aromatic carbocycles. The highest BCUT2D eigenvalue weighted by Gasteiger charge is 2.35. The zero-order chi connectivity index (χ0) is 10.6. The molecule has 0 radical (unpaired) electrons. The molecule has 0 aliphatic heterocycles. The fourth-order valence-corrected chi connectivity index (χ4v) is 2.94. The van der Waals surface area contributed by atoms with E-state index in [1.54, 1.807) is 0 Å². The SMILES string of the molecule is CCC1CCC(C(O)(CC)CC)CC1. The third-order valence-electron chi connectivity index (χ3n) is 4.41. The van der Waals surface area contributed by atoms with Gasteiger partial charge in [0.2, 0.25) is 0 Å². The Morgan fingerprint density at radius 3 is 1.86 bits per heavy atom. The molecule has 0 amide bonds. The second-order valence-corrected chi connectivity index (χ2v) is 4.94. The smallest absolute Gasteiger partial charge is 0.0670 e. The minimum atomic E-state index is -0.362. The lowest BCUT2D eigenvalue weighted by molar-refractivity contribution is -0.0446. The van der Waals surface area contributed by atoms with Crippen LogP contribution < -0.4 is 0 Å². The van der Waals surface area contributed by atoms with Crippen LogP contribution in [0, 0.1) is 11.8 Å². The van der Waals surface area contributed by atoms with Gasteiger partial charge in [-0.05, 0) is 37.5 Å². The summed E-state index contributed by atoms with van der Waals surface area (Å²) in [7, 11) is 0. The number of hydrogen-bond acceptors (Lipinski definition) is 1. The van der Waals surface area contributed by atoms with Gasteiger partial charge in [-0.2, -0.15) is 0 Å². The van der Waals surface area contributed by atoms with Crippen LogP contribution in [0.1, 0.15) is 65.7 Å². The van der Waals surface area contributed by atoms with Crippen LogP contribution in [-0.4, -0.2) is 10.7 Å². The maximum Gasteiger partial charge on any atom is 0.0670 e. The lowest BCUT2D eigenvalue weighted by Crippen LogP contribution is -2.38. The van der Waals surface area contributed by atoms with E-state index in [9.17, 15) is 5.11 Å². The van der Waals surface area contributed by atoms with Gasteiger partial charge in [-0.3, -0.25) is 0 Å². The molecule has 0 heterocycles. The quantitative estimate of drug-likeness (QED) is 0.729. The highest BCUT2D eigenvalue weighted by atomic mass is 16.3. The van der Waals surface area contributed by atoms with Crippen molar-refractivity contribution < 1.29 is 5.11 Å². The van der Waals surface area contributed by atoms with Crippen molar-refractivity contribution in [2.45, 2.75) is 71.3 Å². The van der Waals surface area contributed by atoms with Gasteiger partial charge < -0.3 is 5.11 Å². The Balaban J connectivity index is 2.47. The first-order valence-electron chi connectivity index (χ1n) is 6.38. The van der Waals surface area contributed by atoms with Crippen molar-refractivity contribution in [3.63, 3.8) is 0 Å². The van der Waals surface area contributed by atoms with Gasteiger partial charge in [-0.15, -0.1) is 0 Å². The van der Waals surface area contributed by atoms with Gasteiger partial charge in [0.15, 0.2) is 0 Å². The van der Waals surface area contributed by atoms with Crippen LogP contribution in [0.5, 0.6) is 0 Å². The summed E-state index contributed by atoms with van der Waals surface area (Å²) in [5.41, 5.74) is -0.362. The molecule has 0 spiro atoms. The summed E-state index contributed by atoms with van der Waals surface area (Å²) in [6.45, 7) is 6.53. The van der Waals surface area contributed by atoms with Crippen molar-refractivity contribution in [3.05, 3.63) is 0 Å². The van der Waals surface area contributed by atoms with Crippen LogP contribution in [-0.2, 0) is 0 Å². The van der Waals surface area contributed by atoms with Crippen molar-refractivity contribution in [2.24, 2.45) is 11.8 Å². The Morgan fingerprint density at radius 2 is 1.50 bits per heavy atom. The average Bonchev–Trinajstić information content (AvgIpc) is 2.28. The molecule has 1 rings (SSSR count). The van der Waals surface area contributed by atoms with Crippen molar-refractivity contribution in [2.75, 3.05) is 0 Å². The number of aliphatic hydroxyl groups is 1. The van der Waals surface area contributed by atoms with Crippen LogP contribution in [0.25, 0.3) is 0 Å². The third-order valence-corrected chi connectivity index (χ3v) is 4.41. The summed E-state index contributed by atoms with van der Waals surface area (Å²) in [4.78, 5) is 0. The molecule has 84 valence electrons. The second kappa shape index (κ2) is 5.16. The fourth-order valence-electron chi connectivity index (χ4n) is 2.94. The zero-order valence-electron chi connectivity index (χ0n) is 10.1. The van der Waals surface area contributed by atoms with Crippen LogP contribution in [0.3, 0.4) is 0 Å². The predicted molar refractivity (Wildman–Crippen MR) is 61.3 cm³/mol. The topological polar surface area (TPSA) is 20.2 Å². The predicted octanol–water partition coefficient (Wildman–Crippen LogP) is 3.75. The minimum Gasteiger partial charge on any atom is -0.390 e. The number of rotatable bonds is 4. The van der Waals surface area contributed by atoms with E-state index in [0.717, 1.165) is 18.8 Å². The largest absolute Gasteiger partial charge is 0.390 e. The van der Waals surface area contributed by atoms with E-state index < -0.39 is 0 Å². The molecular formula is C13H26O. The molecule has 0 unspecified atom stereocenters. The standard InChI is InChI=1S/C13H26O/c1-4-11-7-9-12(10-8-11)13(14,5-2)6-3/h11-12,14H,4-10H2,1-3H3. The van der Waals surface area contributed by atoms with Crippen LogP contribution >= 0.6 is 0 Å². The first kappa shape index (κ1) is 12.0. The Labute approximate surface area is 88.9 Å². The van der Waals surface area contributed by atoms with Crippen LogP contribution in [0.4, 0.5) is 0 Å². The summed E-state index contributed by atoms with van der Waals surface area (Å²) in [5, 5.41) is 10.4. The molecule has 1 fully saturated rings. The van der Waals surface area contributed by atoms with Gasteiger partial charge in [0.05, 0.1) is 5.60 Å². The molecule has 1 heteroatoms. The maximum absolute atomic E-state index is 10.4. The zero-order valence-corrected chi connectivity index (χ0v) is 10.1. The van der Waals surface area contributed by atoms with Gasteiger partial charge >= 0.3 is 0 Å². The maximum atomic E-state index is 10.4. The highest BCUT2D eigenvalue weighted by Crippen LogP contribution is 2.39. The molecule has 0 aromatic rings. The summed E-state index contributed by atoms with van der Waals surface area (Å²) >= 11 is 0. The molecular weight excluding hydrogens is 172 g/mol. The van der Waals surface area contributed by atoms with Crippen molar-refractivity contribution >= 4 is 0 Å². The summed E-state index contributed by atoms with van der Waals surface area (Å²) in [5.74, 6) is 1.50. The molecule has 1 saturated carbocycles. The second-order valence-electron chi connectivity index (χ2n) is 4.94. The van der Waals surface area contributed by atoms with Crippen molar-refractivity contribution in [1.29, 1.82) is 0 Å². The average molecular weight is 198 g/mol. The lowest BCUT2D eigenvalue weighted by Gasteiger charge is -2.39. The molecule has 1 nitrogen and oxygen atoms in total. The first-order chi connectivity index (χ1) is 6.66. The normalized spacial score (nSPS) is 29.1. The molecule has 0 saturated heterocycles. The monoisotopic (exact) mass is 198 g/mol. The summed E-state index contributed by atoms with van der Waals surface area (Å²) in [6, 6.07) is 0. The van der Waals surface area contributed by atoms with E-state index in [-0.39, 0.29) is 5.60 Å². The van der Waals surface area contributed by atoms with Gasteiger partial charge in [-0.1, -0.05) is 40.0 Å². The molecule has 14 heavy (non-hydrogen) atoms. The minimum absolute atomic E-state index is 0.362. The molecule has 1 aliphatic carbocycles. The molecule has 0 bridgehead atoms. The lowest BCUT2D eigenvalue weighted by atomic mass is 9.71. The van der Waals surface area contributed by atoms with Crippen LogP contribution in [0.15, 0.2) is 0 Å². The molecule has 1 aliphatic rings. The van der Waals surface area contributed by atoms with Crippen LogP contribution in [0.2, 0.25) is 0 Å². The van der Waals surface area contributed by atoms with Gasteiger partial charge in [-0.25, -0.2) is 0 Å². The Kier molecular flexibility index (Phi) is 4.43. The van der Waals surface area contributed by atoms with Crippen molar-refractivity contribution in [3.8, 4) is 0 Å². The van der Waals surface area contributed by atoms with Gasteiger partial charge in [0, 0.05) is 0 Å². The van der Waals surface area contributed by atoms with E-state index in [2.05, 4.69) is 20.8 Å². The molecule has 0 atom stereocenters. The van der Waals surface area contributed by atoms with Crippen molar-refractivity contribution in [1.82, 2.24) is 0 Å². The Morgan fingerprint density at radius 1 is 1.00 bits per heavy atom. The van der Waals surface area contributed by atoms with E-state index in [1.165, 1.54) is 32.1 Å². The van der Waals surface area contributed by atoms with E-state index >= 15 is 0 Å². The Hall–Kier alpha value is -0.0400. The first-order valence-corrected chi connectivity index (χ1v) is 6.38. The molecule has 1 N–H and O–H groups in total.